The number of aromatic nitrogens is 1. The molecule has 1 aliphatic rings. The molecular weight excluding hydrogens is 519 g/mol. The fourth-order valence-corrected chi connectivity index (χ4v) is 3.47. The van der Waals surface area contributed by atoms with Crippen molar-refractivity contribution in [2.24, 2.45) is 10.7 Å². The molecule has 9 heteroatoms. The third kappa shape index (κ3) is 8.18. The number of rotatable bonds is 8. The summed E-state index contributed by atoms with van der Waals surface area (Å²) in [6, 6.07) is 12.1. The Hall–Kier alpha value is -2.56. The van der Waals surface area contributed by atoms with Crippen LogP contribution in [0.2, 0.25) is 0 Å². The van der Waals surface area contributed by atoms with Crippen LogP contribution in [0.25, 0.3) is 0 Å². The highest BCUT2D eigenvalue weighted by Crippen LogP contribution is 2.18. The van der Waals surface area contributed by atoms with Crippen LogP contribution in [-0.4, -0.2) is 49.1 Å². The summed E-state index contributed by atoms with van der Waals surface area (Å²) in [5.74, 6) is 1.97. The molecule has 32 heavy (non-hydrogen) atoms. The number of amides is 1. The van der Waals surface area contributed by atoms with Crippen molar-refractivity contribution in [1.82, 2.24) is 15.6 Å². The number of hydrogen-bond acceptors (Lipinski definition) is 5. The van der Waals surface area contributed by atoms with E-state index in [0.29, 0.717) is 18.3 Å². The van der Waals surface area contributed by atoms with Crippen LogP contribution in [-0.2, 0) is 11.3 Å². The third-order valence-corrected chi connectivity index (χ3v) is 5.10. The predicted molar refractivity (Wildman–Crippen MR) is 139 cm³/mol. The molecule has 0 radical (unpaired) electrons. The van der Waals surface area contributed by atoms with E-state index in [0.717, 1.165) is 49.8 Å². The van der Waals surface area contributed by atoms with Gasteiger partial charge in [-0.1, -0.05) is 18.2 Å². The Morgan fingerprint density at radius 2 is 2.06 bits per heavy atom. The van der Waals surface area contributed by atoms with E-state index in [9.17, 15) is 4.79 Å². The minimum absolute atomic E-state index is 0. The van der Waals surface area contributed by atoms with Crippen LogP contribution in [0.5, 0.6) is 5.75 Å². The van der Waals surface area contributed by atoms with E-state index in [4.69, 9.17) is 15.5 Å². The Bertz CT molecular complexity index is 882. The highest BCUT2D eigenvalue weighted by atomic mass is 127. The maximum Gasteiger partial charge on any atom is 0.255 e. The predicted octanol–water partition coefficient (Wildman–Crippen LogP) is 2.60. The highest BCUT2D eigenvalue weighted by molar-refractivity contribution is 14.0. The number of nitrogens with one attached hydrogen (secondary N) is 2. The van der Waals surface area contributed by atoms with Gasteiger partial charge < -0.3 is 26.0 Å². The highest BCUT2D eigenvalue weighted by Gasteiger charge is 2.20. The van der Waals surface area contributed by atoms with E-state index >= 15 is 0 Å². The SMILES string of the molecule is CCNC(=NCc1cccc(OCC(N)=O)c1)NC1CCN(c2ccc(C)cn2)CC1.I. The smallest absolute Gasteiger partial charge is 0.255 e. The van der Waals surface area contributed by atoms with Crippen LogP contribution in [0, 0.1) is 6.92 Å². The molecule has 2 heterocycles. The summed E-state index contributed by atoms with van der Waals surface area (Å²) in [7, 11) is 0. The summed E-state index contributed by atoms with van der Waals surface area (Å²) in [5.41, 5.74) is 7.31. The summed E-state index contributed by atoms with van der Waals surface area (Å²) in [6.07, 6.45) is 3.97. The molecule has 8 nitrogen and oxygen atoms in total. The van der Waals surface area contributed by atoms with Crippen molar-refractivity contribution >= 4 is 41.7 Å². The zero-order chi connectivity index (χ0) is 22.1. The van der Waals surface area contributed by atoms with E-state index < -0.39 is 5.91 Å². The number of carbonyl (C=O) groups is 1. The molecule has 2 aromatic rings. The first-order chi connectivity index (χ1) is 15.0. The van der Waals surface area contributed by atoms with Gasteiger partial charge in [-0.05, 0) is 56.0 Å². The summed E-state index contributed by atoms with van der Waals surface area (Å²) in [6.45, 7) is 7.21. The number of pyridine rings is 1. The molecule has 4 N–H and O–H groups in total. The number of nitrogens with two attached hydrogens (primary N) is 1. The number of aryl methyl sites for hydroxylation is 1. The zero-order valence-corrected chi connectivity index (χ0v) is 21.0. The van der Waals surface area contributed by atoms with E-state index in [2.05, 4.69) is 46.5 Å². The van der Waals surface area contributed by atoms with Gasteiger partial charge in [0.2, 0.25) is 0 Å². The molecule has 0 bridgehead atoms. The lowest BCUT2D eigenvalue weighted by Crippen LogP contribution is -2.48. The second kappa shape index (κ2) is 13.1. The Labute approximate surface area is 207 Å². The van der Waals surface area contributed by atoms with Gasteiger partial charge in [-0.15, -0.1) is 24.0 Å². The van der Waals surface area contributed by atoms with Gasteiger partial charge in [0.15, 0.2) is 12.6 Å². The number of aliphatic imine (C=N–C) groups is 1. The number of ether oxygens (including phenoxy) is 1. The molecule has 1 aliphatic heterocycles. The van der Waals surface area contributed by atoms with Crippen molar-refractivity contribution in [2.75, 3.05) is 31.1 Å². The topological polar surface area (TPSA) is 105 Å². The number of benzene rings is 1. The fraction of sp³-hybridized carbons (Fsp3) is 0.435. The lowest BCUT2D eigenvalue weighted by atomic mass is 10.1. The van der Waals surface area contributed by atoms with Gasteiger partial charge in [0.25, 0.3) is 5.91 Å². The molecule has 174 valence electrons. The quantitative estimate of drug-likeness (QED) is 0.264. The monoisotopic (exact) mass is 552 g/mol. The van der Waals surface area contributed by atoms with E-state index in [-0.39, 0.29) is 30.6 Å². The lowest BCUT2D eigenvalue weighted by molar-refractivity contribution is -0.119. The first-order valence-electron chi connectivity index (χ1n) is 10.8. The molecule has 0 atom stereocenters. The average molecular weight is 552 g/mol. The van der Waals surface area contributed by atoms with Crippen molar-refractivity contribution in [3.63, 3.8) is 0 Å². The van der Waals surface area contributed by atoms with Gasteiger partial charge in [-0.25, -0.2) is 9.98 Å². The van der Waals surface area contributed by atoms with Crippen LogP contribution in [0.3, 0.4) is 0 Å². The van der Waals surface area contributed by atoms with Crippen LogP contribution >= 0.6 is 24.0 Å². The normalized spacial score (nSPS) is 14.4. The molecule has 0 saturated carbocycles. The molecule has 1 fully saturated rings. The minimum atomic E-state index is -0.494. The maximum absolute atomic E-state index is 10.9. The molecule has 1 aromatic heterocycles. The molecule has 1 saturated heterocycles. The maximum atomic E-state index is 10.9. The largest absolute Gasteiger partial charge is 0.484 e. The fourth-order valence-electron chi connectivity index (χ4n) is 3.47. The van der Waals surface area contributed by atoms with Crippen molar-refractivity contribution in [2.45, 2.75) is 39.3 Å². The van der Waals surface area contributed by atoms with Crippen LogP contribution in [0.4, 0.5) is 5.82 Å². The number of hydrogen-bond donors (Lipinski definition) is 3. The van der Waals surface area contributed by atoms with Gasteiger partial charge in [0, 0.05) is 31.9 Å². The van der Waals surface area contributed by atoms with Crippen molar-refractivity contribution in [1.29, 1.82) is 0 Å². The average Bonchev–Trinajstić information content (AvgIpc) is 2.78. The standard InChI is InChI=1S/C23H32N6O2.HI/c1-3-25-23(27-15-18-5-4-6-20(13-18)31-16-21(24)30)28-19-9-11-29(12-10-19)22-8-7-17(2)14-26-22;/h4-8,13-14,19H,3,9-12,15-16H2,1-2H3,(H2,24,30)(H2,25,27,28);1H. The summed E-state index contributed by atoms with van der Waals surface area (Å²) >= 11 is 0. The molecular formula is C23H33IN6O2. The Balaban J connectivity index is 0.00000363. The molecule has 0 aliphatic carbocycles. The molecule has 0 unspecified atom stereocenters. The van der Waals surface area contributed by atoms with E-state index in [1.807, 2.05) is 24.4 Å². The van der Waals surface area contributed by atoms with Gasteiger partial charge in [-0.2, -0.15) is 0 Å². The second-order valence-corrected chi connectivity index (χ2v) is 7.70. The van der Waals surface area contributed by atoms with E-state index in [1.54, 1.807) is 6.07 Å². The van der Waals surface area contributed by atoms with Crippen LogP contribution in [0.1, 0.15) is 30.9 Å². The molecule has 1 aromatic carbocycles. The number of piperidine rings is 1. The second-order valence-electron chi connectivity index (χ2n) is 7.70. The number of guanidine groups is 1. The summed E-state index contributed by atoms with van der Waals surface area (Å²) < 4.78 is 5.37. The Morgan fingerprint density at radius 3 is 2.72 bits per heavy atom. The van der Waals surface area contributed by atoms with Crippen LogP contribution in [0.15, 0.2) is 47.6 Å². The number of primary amides is 1. The number of carbonyl (C=O) groups excluding carboxylic acids is 1. The summed E-state index contributed by atoms with van der Waals surface area (Å²) in [5, 5.41) is 6.89. The Morgan fingerprint density at radius 1 is 1.28 bits per heavy atom. The minimum Gasteiger partial charge on any atom is -0.484 e. The van der Waals surface area contributed by atoms with Crippen molar-refractivity contribution < 1.29 is 9.53 Å². The van der Waals surface area contributed by atoms with Gasteiger partial charge >= 0.3 is 0 Å². The zero-order valence-electron chi connectivity index (χ0n) is 18.7. The first-order valence-corrected chi connectivity index (χ1v) is 10.8. The number of nitrogens with zero attached hydrogens (tertiary/aromatic N) is 3. The first kappa shape index (κ1) is 25.7. The number of anilines is 1. The third-order valence-electron chi connectivity index (χ3n) is 5.10. The van der Waals surface area contributed by atoms with Crippen molar-refractivity contribution in [3.05, 3.63) is 53.7 Å². The number of halogens is 1. The van der Waals surface area contributed by atoms with Gasteiger partial charge in [-0.3, -0.25) is 4.79 Å². The molecule has 0 spiro atoms. The molecule has 1 amide bonds. The van der Waals surface area contributed by atoms with Gasteiger partial charge in [0.1, 0.15) is 11.6 Å². The summed E-state index contributed by atoms with van der Waals surface area (Å²) in [4.78, 5) is 22.5. The van der Waals surface area contributed by atoms with Gasteiger partial charge in [0.05, 0.1) is 6.54 Å². The molecule has 3 rings (SSSR count). The van der Waals surface area contributed by atoms with Crippen LogP contribution < -0.4 is 26.0 Å². The Kier molecular flexibility index (Phi) is 10.5. The van der Waals surface area contributed by atoms with Crippen molar-refractivity contribution in [3.8, 4) is 5.75 Å². The van der Waals surface area contributed by atoms with E-state index in [1.165, 1.54) is 5.56 Å². The lowest BCUT2D eigenvalue weighted by Gasteiger charge is -2.33.